The lowest BCUT2D eigenvalue weighted by Crippen LogP contribution is -2.03. The molecule has 0 aliphatic heterocycles. The summed E-state index contributed by atoms with van der Waals surface area (Å²) in [5.74, 6) is -0.226. The van der Waals surface area contributed by atoms with Gasteiger partial charge in [0.1, 0.15) is 15.8 Å². The zero-order valence-corrected chi connectivity index (χ0v) is 11.1. The van der Waals surface area contributed by atoms with Gasteiger partial charge in [-0.1, -0.05) is 35.6 Å². The molecule has 0 bridgehead atoms. The van der Waals surface area contributed by atoms with Crippen LogP contribution in [0.15, 0.2) is 36.4 Å². The molecule has 0 spiro atoms. The van der Waals surface area contributed by atoms with Crippen molar-refractivity contribution in [1.82, 2.24) is 10.2 Å². The minimum Gasteiger partial charge on any atom is -0.322 e. The van der Waals surface area contributed by atoms with Crippen molar-refractivity contribution in [3.63, 3.8) is 0 Å². The number of fused-ring (bicyclic) bond motifs is 1. The van der Waals surface area contributed by atoms with Crippen molar-refractivity contribution >= 4 is 22.1 Å². The summed E-state index contributed by atoms with van der Waals surface area (Å²) < 4.78 is 13.8. The van der Waals surface area contributed by atoms with E-state index in [-0.39, 0.29) is 11.9 Å². The highest BCUT2D eigenvalue weighted by atomic mass is 32.1. The quantitative estimate of drug-likeness (QED) is 0.777. The second kappa shape index (κ2) is 4.68. The van der Waals surface area contributed by atoms with E-state index in [2.05, 4.69) is 10.2 Å². The molecule has 3 rings (SSSR count). The molecular formula is C14H12FN3S. The number of hydrogen-bond donors (Lipinski definition) is 1. The Bertz CT molecular complexity index is 736. The Morgan fingerprint density at radius 2 is 1.84 bits per heavy atom. The number of aromatic nitrogens is 2. The number of nitrogens with two attached hydrogens (primary N) is 1. The number of benzene rings is 2. The van der Waals surface area contributed by atoms with Gasteiger partial charge in [-0.2, -0.15) is 0 Å². The molecule has 0 amide bonds. The fraction of sp³-hybridized carbons (Fsp3) is 0.143. The molecule has 1 heterocycles. The molecular weight excluding hydrogens is 261 g/mol. The van der Waals surface area contributed by atoms with Crippen molar-refractivity contribution in [3.05, 3.63) is 47.2 Å². The first-order valence-electron chi connectivity index (χ1n) is 5.93. The maximum Gasteiger partial charge on any atom is 0.148 e. The summed E-state index contributed by atoms with van der Waals surface area (Å²) in [6, 6.07) is 10.4. The van der Waals surface area contributed by atoms with Gasteiger partial charge in [0, 0.05) is 10.9 Å². The van der Waals surface area contributed by atoms with Gasteiger partial charge >= 0.3 is 0 Å². The fourth-order valence-electron chi connectivity index (χ4n) is 1.98. The first kappa shape index (κ1) is 12.2. The summed E-state index contributed by atoms with van der Waals surface area (Å²) in [4.78, 5) is 0. The highest BCUT2D eigenvalue weighted by molar-refractivity contribution is 7.14. The lowest BCUT2D eigenvalue weighted by Gasteiger charge is -2.04. The predicted octanol–water partition coefficient (Wildman–Crippen LogP) is 3.52. The van der Waals surface area contributed by atoms with Gasteiger partial charge in [-0.3, -0.25) is 0 Å². The molecule has 2 N–H and O–H groups in total. The molecule has 0 saturated carbocycles. The Morgan fingerprint density at radius 3 is 2.53 bits per heavy atom. The third kappa shape index (κ3) is 2.11. The van der Waals surface area contributed by atoms with E-state index in [1.54, 1.807) is 12.1 Å². The van der Waals surface area contributed by atoms with E-state index in [0.717, 1.165) is 21.0 Å². The third-order valence-electron chi connectivity index (χ3n) is 2.93. The second-order valence-electron chi connectivity index (χ2n) is 4.37. The Kier molecular flexibility index (Phi) is 3.00. The van der Waals surface area contributed by atoms with Gasteiger partial charge < -0.3 is 5.73 Å². The van der Waals surface area contributed by atoms with E-state index in [9.17, 15) is 4.39 Å². The van der Waals surface area contributed by atoms with Gasteiger partial charge in [-0.25, -0.2) is 4.39 Å². The summed E-state index contributed by atoms with van der Waals surface area (Å²) in [5, 5.41) is 11.2. The van der Waals surface area contributed by atoms with Crippen LogP contribution in [0.3, 0.4) is 0 Å². The van der Waals surface area contributed by atoms with Gasteiger partial charge in [-0.15, -0.1) is 10.2 Å². The number of nitrogens with zero attached hydrogens (tertiary/aromatic N) is 2. The van der Waals surface area contributed by atoms with Crippen LogP contribution in [-0.2, 0) is 0 Å². The number of hydrogen-bond acceptors (Lipinski definition) is 4. The minimum atomic E-state index is -0.226. The number of halogens is 1. The molecule has 3 nitrogen and oxygen atoms in total. The van der Waals surface area contributed by atoms with E-state index in [0.29, 0.717) is 5.39 Å². The highest BCUT2D eigenvalue weighted by Gasteiger charge is 2.13. The monoisotopic (exact) mass is 273 g/mol. The summed E-state index contributed by atoms with van der Waals surface area (Å²) in [6.45, 7) is 1.87. The van der Waals surface area contributed by atoms with Crippen molar-refractivity contribution in [1.29, 1.82) is 0 Å². The smallest absolute Gasteiger partial charge is 0.148 e. The van der Waals surface area contributed by atoms with Crippen LogP contribution < -0.4 is 5.73 Å². The van der Waals surface area contributed by atoms with Crippen LogP contribution in [0.4, 0.5) is 4.39 Å². The molecule has 0 aliphatic rings. The molecule has 19 heavy (non-hydrogen) atoms. The molecule has 0 saturated heterocycles. The Hall–Kier alpha value is -1.85. The molecule has 5 heteroatoms. The van der Waals surface area contributed by atoms with E-state index in [1.165, 1.54) is 17.4 Å². The molecule has 0 aliphatic carbocycles. The third-order valence-corrected chi connectivity index (χ3v) is 4.09. The summed E-state index contributed by atoms with van der Waals surface area (Å²) in [5.41, 5.74) is 6.68. The zero-order chi connectivity index (χ0) is 13.4. The van der Waals surface area contributed by atoms with Crippen LogP contribution in [0, 0.1) is 5.82 Å². The van der Waals surface area contributed by atoms with Gasteiger partial charge in [0.25, 0.3) is 0 Å². The van der Waals surface area contributed by atoms with Crippen molar-refractivity contribution in [2.45, 2.75) is 13.0 Å². The largest absolute Gasteiger partial charge is 0.322 e. The topological polar surface area (TPSA) is 51.8 Å². The van der Waals surface area contributed by atoms with Crippen LogP contribution in [0.25, 0.3) is 21.3 Å². The lowest BCUT2D eigenvalue weighted by atomic mass is 10.0. The standard InChI is InChI=1S/C14H12FN3S/c1-8(16)13-17-18-14(19-13)11-6-7-12(15)10-5-3-2-4-9(10)11/h2-8H,16H2,1H3. The molecule has 3 aromatic rings. The highest BCUT2D eigenvalue weighted by Crippen LogP contribution is 2.32. The van der Waals surface area contributed by atoms with E-state index in [1.807, 2.05) is 25.1 Å². The average molecular weight is 273 g/mol. The van der Waals surface area contributed by atoms with Crippen molar-refractivity contribution in [2.75, 3.05) is 0 Å². The normalized spacial score (nSPS) is 12.8. The first-order valence-corrected chi connectivity index (χ1v) is 6.75. The molecule has 1 aromatic heterocycles. The molecule has 1 atom stereocenters. The molecule has 2 aromatic carbocycles. The first-order chi connectivity index (χ1) is 9.16. The second-order valence-corrected chi connectivity index (χ2v) is 5.38. The summed E-state index contributed by atoms with van der Waals surface area (Å²) >= 11 is 1.45. The molecule has 0 fully saturated rings. The summed E-state index contributed by atoms with van der Waals surface area (Å²) in [7, 11) is 0. The SMILES string of the molecule is CC(N)c1nnc(-c2ccc(F)c3ccccc23)s1. The van der Waals surface area contributed by atoms with Crippen molar-refractivity contribution in [3.8, 4) is 10.6 Å². The van der Waals surface area contributed by atoms with Gasteiger partial charge in [0.2, 0.25) is 0 Å². The van der Waals surface area contributed by atoms with Crippen molar-refractivity contribution in [2.24, 2.45) is 5.73 Å². The van der Waals surface area contributed by atoms with Crippen LogP contribution in [-0.4, -0.2) is 10.2 Å². The lowest BCUT2D eigenvalue weighted by molar-refractivity contribution is 0.640. The van der Waals surface area contributed by atoms with E-state index >= 15 is 0 Å². The van der Waals surface area contributed by atoms with Crippen LogP contribution in [0.1, 0.15) is 18.0 Å². The molecule has 96 valence electrons. The Morgan fingerprint density at radius 1 is 1.11 bits per heavy atom. The molecule has 0 radical (unpaired) electrons. The summed E-state index contributed by atoms with van der Waals surface area (Å²) in [6.07, 6.45) is 0. The average Bonchev–Trinajstić information content (AvgIpc) is 2.89. The van der Waals surface area contributed by atoms with Gasteiger partial charge in [-0.05, 0) is 24.4 Å². The Balaban J connectivity index is 2.22. The molecule has 1 unspecified atom stereocenters. The Labute approximate surface area is 113 Å². The van der Waals surface area contributed by atoms with Gasteiger partial charge in [0.05, 0.1) is 6.04 Å². The van der Waals surface area contributed by atoms with E-state index in [4.69, 9.17) is 5.73 Å². The van der Waals surface area contributed by atoms with Gasteiger partial charge in [0.15, 0.2) is 0 Å². The maximum atomic E-state index is 13.8. The van der Waals surface area contributed by atoms with Crippen molar-refractivity contribution < 1.29 is 4.39 Å². The van der Waals surface area contributed by atoms with E-state index < -0.39 is 0 Å². The number of rotatable bonds is 2. The predicted molar refractivity (Wildman–Crippen MR) is 75.4 cm³/mol. The zero-order valence-electron chi connectivity index (χ0n) is 10.3. The van der Waals surface area contributed by atoms with Crippen LogP contribution >= 0.6 is 11.3 Å². The fourth-order valence-corrected chi connectivity index (χ4v) is 2.81. The van der Waals surface area contributed by atoms with Crippen LogP contribution in [0.2, 0.25) is 0 Å². The maximum absolute atomic E-state index is 13.8. The minimum absolute atomic E-state index is 0.141. The van der Waals surface area contributed by atoms with Crippen LogP contribution in [0.5, 0.6) is 0 Å².